The molecule has 0 aliphatic carbocycles. The molecular weight excluding hydrogens is 330 g/mol. The average Bonchev–Trinajstić information content (AvgIpc) is 2.99. The van der Waals surface area contributed by atoms with Crippen molar-refractivity contribution in [2.24, 2.45) is 0 Å². The number of nitrogens with one attached hydrogen (secondary N) is 2. The van der Waals surface area contributed by atoms with Crippen molar-refractivity contribution in [3.63, 3.8) is 0 Å². The van der Waals surface area contributed by atoms with E-state index in [4.69, 9.17) is 11.6 Å². The Morgan fingerprint density at radius 2 is 1.71 bits per heavy atom. The average molecular weight is 342 g/mol. The second-order valence-corrected chi connectivity index (χ2v) is 5.33. The summed E-state index contributed by atoms with van der Waals surface area (Å²) >= 11 is 6.16. The van der Waals surface area contributed by atoms with Crippen LogP contribution in [0.2, 0.25) is 5.02 Å². The van der Waals surface area contributed by atoms with Crippen LogP contribution in [-0.2, 0) is 0 Å². The Bertz CT molecular complexity index is 906. The lowest BCUT2D eigenvalue weighted by Crippen LogP contribution is -2.14. The number of rotatable bonds is 4. The third-order valence-corrected chi connectivity index (χ3v) is 3.71. The summed E-state index contributed by atoms with van der Waals surface area (Å²) in [6.07, 6.45) is 0. The molecule has 0 atom stereocenters. The van der Waals surface area contributed by atoms with Crippen LogP contribution >= 0.6 is 11.6 Å². The van der Waals surface area contributed by atoms with Crippen molar-refractivity contribution in [3.8, 4) is 11.3 Å². The van der Waals surface area contributed by atoms with E-state index in [9.17, 15) is 14.7 Å². The van der Waals surface area contributed by atoms with Gasteiger partial charge in [0.15, 0.2) is 5.69 Å². The molecule has 0 fully saturated rings. The van der Waals surface area contributed by atoms with Crippen molar-refractivity contribution < 1.29 is 14.7 Å². The topological polar surface area (TPSA) is 95.1 Å². The number of amides is 1. The molecule has 0 aliphatic heterocycles. The SMILES string of the molecule is O=C(Nc1c(-c2ccccc2Cl)n[nH]c1C(=O)O)c1ccccc1. The molecule has 3 aromatic rings. The Kier molecular flexibility index (Phi) is 4.31. The predicted molar refractivity (Wildman–Crippen MR) is 90.4 cm³/mol. The first-order valence-corrected chi connectivity index (χ1v) is 7.38. The number of nitrogens with zero attached hydrogens (tertiary/aromatic N) is 1. The monoisotopic (exact) mass is 341 g/mol. The van der Waals surface area contributed by atoms with Crippen molar-refractivity contribution in [1.29, 1.82) is 0 Å². The highest BCUT2D eigenvalue weighted by atomic mass is 35.5. The van der Waals surface area contributed by atoms with E-state index in [0.29, 0.717) is 16.1 Å². The van der Waals surface area contributed by atoms with Crippen LogP contribution in [0, 0.1) is 0 Å². The molecule has 0 radical (unpaired) electrons. The fraction of sp³-hybridized carbons (Fsp3) is 0. The second-order valence-electron chi connectivity index (χ2n) is 4.93. The number of hydrogen-bond acceptors (Lipinski definition) is 3. The van der Waals surface area contributed by atoms with E-state index in [1.807, 2.05) is 0 Å². The quantitative estimate of drug-likeness (QED) is 0.674. The maximum Gasteiger partial charge on any atom is 0.356 e. The maximum absolute atomic E-state index is 12.4. The molecule has 6 nitrogen and oxygen atoms in total. The van der Waals surface area contributed by atoms with Crippen LogP contribution in [-0.4, -0.2) is 27.2 Å². The number of halogens is 1. The molecule has 24 heavy (non-hydrogen) atoms. The van der Waals surface area contributed by atoms with Gasteiger partial charge in [0.25, 0.3) is 5.91 Å². The number of carboxylic acids is 1. The van der Waals surface area contributed by atoms with E-state index >= 15 is 0 Å². The van der Waals surface area contributed by atoms with Gasteiger partial charge in [0.2, 0.25) is 0 Å². The van der Waals surface area contributed by atoms with Gasteiger partial charge in [-0.1, -0.05) is 48.0 Å². The van der Waals surface area contributed by atoms with Crippen LogP contribution in [0.5, 0.6) is 0 Å². The Morgan fingerprint density at radius 1 is 1.04 bits per heavy atom. The molecule has 3 N–H and O–H groups in total. The van der Waals surface area contributed by atoms with Crippen LogP contribution in [0.1, 0.15) is 20.8 Å². The van der Waals surface area contributed by atoms with E-state index in [1.54, 1.807) is 54.6 Å². The molecule has 0 saturated heterocycles. The predicted octanol–water partition coefficient (Wildman–Crippen LogP) is 3.68. The van der Waals surface area contributed by atoms with Crippen molar-refractivity contribution >= 4 is 29.2 Å². The van der Waals surface area contributed by atoms with Gasteiger partial charge in [0.05, 0.1) is 5.02 Å². The molecule has 120 valence electrons. The first-order valence-electron chi connectivity index (χ1n) is 7.01. The zero-order valence-corrected chi connectivity index (χ0v) is 13.0. The minimum absolute atomic E-state index is 0.0736. The van der Waals surface area contributed by atoms with Gasteiger partial charge >= 0.3 is 5.97 Å². The number of aromatic carboxylic acids is 1. The number of aromatic nitrogens is 2. The molecule has 0 unspecified atom stereocenters. The van der Waals surface area contributed by atoms with Gasteiger partial charge in [-0.05, 0) is 18.2 Å². The van der Waals surface area contributed by atoms with Crippen LogP contribution in [0.4, 0.5) is 5.69 Å². The van der Waals surface area contributed by atoms with Gasteiger partial charge in [0, 0.05) is 11.1 Å². The van der Waals surface area contributed by atoms with Crippen molar-refractivity contribution in [2.45, 2.75) is 0 Å². The Morgan fingerprint density at radius 3 is 2.38 bits per heavy atom. The summed E-state index contributed by atoms with van der Waals surface area (Å²) in [5, 5.41) is 18.8. The van der Waals surface area contributed by atoms with Gasteiger partial charge in [-0.2, -0.15) is 5.10 Å². The minimum Gasteiger partial charge on any atom is -0.476 e. The first-order chi connectivity index (χ1) is 11.6. The molecule has 1 amide bonds. The molecule has 0 bridgehead atoms. The van der Waals surface area contributed by atoms with E-state index < -0.39 is 11.9 Å². The number of aromatic amines is 1. The molecule has 1 aromatic heterocycles. The minimum atomic E-state index is -1.23. The second kappa shape index (κ2) is 6.55. The third kappa shape index (κ3) is 3.00. The summed E-state index contributed by atoms with van der Waals surface area (Å²) in [6.45, 7) is 0. The summed E-state index contributed by atoms with van der Waals surface area (Å²) in [6, 6.07) is 15.3. The summed E-state index contributed by atoms with van der Waals surface area (Å²) in [7, 11) is 0. The van der Waals surface area contributed by atoms with Crippen LogP contribution < -0.4 is 5.32 Å². The smallest absolute Gasteiger partial charge is 0.356 e. The largest absolute Gasteiger partial charge is 0.476 e. The molecular formula is C17H12ClN3O3. The number of benzene rings is 2. The first kappa shape index (κ1) is 15.8. The third-order valence-electron chi connectivity index (χ3n) is 3.38. The summed E-state index contributed by atoms with van der Waals surface area (Å²) in [5.41, 5.74) is 1.05. The molecule has 2 aromatic carbocycles. The fourth-order valence-electron chi connectivity index (χ4n) is 2.24. The van der Waals surface area contributed by atoms with E-state index in [2.05, 4.69) is 15.5 Å². The van der Waals surface area contributed by atoms with Gasteiger partial charge in [-0.3, -0.25) is 9.89 Å². The number of carboxylic acid groups (broad SMARTS) is 1. The van der Waals surface area contributed by atoms with Crippen LogP contribution in [0.3, 0.4) is 0 Å². The van der Waals surface area contributed by atoms with Crippen molar-refractivity contribution in [2.75, 3.05) is 5.32 Å². The standard InChI is InChI=1S/C17H12ClN3O3/c18-12-9-5-4-8-11(12)13-14(15(17(23)24)21-20-13)19-16(22)10-6-2-1-3-7-10/h1-9H,(H,19,22)(H,20,21)(H,23,24). The van der Waals surface area contributed by atoms with E-state index in [-0.39, 0.29) is 17.1 Å². The van der Waals surface area contributed by atoms with Gasteiger partial charge in [0.1, 0.15) is 11.4 Å². The van der Waals surface area contributed by atoms with Gasteiger partial charge in [-0.25, -0.2) is 4.79 Å². The summed E-state index contributed by atoms with van der Waals surface area (Å²) < 4.78 is 0. The number of H-pyrrole nitrogens is 1. The lowest BCUT2D eigenvalue weighted by atomic mass is 10.1. The molecule has 7 heteroatoms. The molecule has 0 saturated carbocycles. The lowest BCUT2D eigenvalue weighted by molar-refractivity contribution is 0.0691. The highest BCUT2D eigenvalue weighted by Gasteiger charge is 2.23. The summed E-state index contributed by atoms with van der Waals surface area (Å²) in [5.74, 6) is -1.67. The number of carbonyl (C=O) groups is 2. The van der Waals surface area contributed by atoms with Crippen molar-refractivity contribution in [3.05, 3.63) is 70.9 Å². The molecule has 0 spiro atoms. The zero-order chi connectivity index (χ0) is 17.1. The van der Waals surface area contributed by atoms with E-state index in [0.717, 1.165) is 0 Å². The van der Waals surface area contributed by atoms with Gasteiger partial charge < -0.3 is 10.4 Å². The number of carbonyl (C=O) groups excluding carboxylic acids is 1. The van der Waals surface area contributed by atoms with Crippen molar-refractivity contribution in [1.82, 2.24) is 10.2 Å². The van der Waals surface area contributed by atoms with Gasteiger partial charge in [-0.15, -0.1) is 0 Å². The highest BCUT2D eigenvalue weighted by Crippen LogP contribution is 2.33. The lowest BCUT2D eigenvalue weighted by Gasteiger charge is -2.08. The number of anilines is 1. The van der Waals surface area contributed by atoms with Crippen LogP contribution in [0.25, 0.3) is 11.3 Å². The zero-order valence-electron chi connectivity index (χ0n) is 12.3. The Balaban J connectivity index is 2.06. The Hall–Kier alpha value is -3.12. The van der Waals surface area contributed by atoms with Crippen LogP contribution in [0.15, 0.2) is 54.6 Å². The molecule has 1 heterocycles. The molecule has 0 aliphatic rings. The fourth-order valence-corrected chi connectivity index (χ4v) is 2.47. The summed E-state index contributed by atoms with van der Waals surface area (Å²) in [4.78, 5) is 23.8. The highest BCUT2D eigenvalue weighted by molar-refractivity contribution is 6.33. The molecule has 3 rings (SSSR count). The normalized spacial score (nSPS) is 10.4. The number of hydrogen-bond donors (Lipinski definition) is 3. The van der Waals surface area contributed by atoms with E-state index in [1.165, 1.54) is 0 Å². The Labute approximate surface area is 142 Å². The maximum atomic E-state index is 12.4.